The highest BCUT2D eigenvalue weighted by Gasteiger charge is 2.30. The number of pyridine rings is 1. The molecule has 1 aromatic heterocycles. The summed E-state index contributed by atoms with van der Waals surface area (Å²) in [7, 11) is -0.914. The molecule has 37 heavy (non-hydrogen) atoms. The molecule has 0 atom stereocenters. The fourth-order valence-corrected chi connectivity index (χ4v) is 11.2. The lowest BCUT2D eigenvalue weighted by Crippen LogP contribution is -2.23. The second kappa shape index (κ2) is 11.1. The first-order valence-corrected chi connectivity index (χ1v) is 16.5. The predicted octanol–water partition coefficient (Wildman–Crippen LogP) is 10.6. The van der Waals surface area contributed by atoms with Crippen molar-refractivity contribution in [2.75, 3.05) is 17.3 Å². The van der Waals surface area contributed by atoms with E-state index < -0.39 is 10.0 Å². The first kappa shape index (κ1) is 29.8. The maximum absolute atomic E-state index is 4.97. The van der Waals surface area contributed by atoms with Gasteiger partial charge in [0.05, 0.1) is 5.69 Å². The zero-order valence-corrected chi connectivity index (χ0v) is 26.6. The van der Waals surface area contributed by atoms with Gasteiger partial charge in [-0.05, 0) is 97.6 Å². The lowest BCUT2D eigenvalue weighted by Gasteiger charge is -2.45. The second-order valence-electron chi connectivity index (χ2n) is 14.6. The van der Waals surface area contributed by atoms with Gasteiger partial charge in [-0.15, -0.1) is 0 Å². The van der Waals surface area contributed by atoms with E-state index >= 15 is 0 Å². The fraction of sp³-hybridized carbons (Fsp3) is 0.571. The molecule has 0 saturated carbocycles. The van der Waals surface area contributed by atoms with E-state index in [1.807, 2.05) is 6.20 Å². The topological polar surface area (TPSA) is 12.9 Å². The highest BCUT2D eigenvalue weighted by Crippen LogP contribution is 2.59. The van der Waals surface area contributed by atoms with Crippen LogP contribution in [0.1, 0.15) is 94.2 Å². The molecule has 0 saturated heterocycles. The van der Waals surface area contributed by atoms with Crippen LogP contribution < -0.4 is 0 Å². The summed E-state index contributed by atoms with van der Waals surface area (Å²) in [6, 6.07) is 16.7. The summed E-state index contributed by atoms with van der Waals surface area (Å²) in [5, 5.41) is 2.60. The van der Waals surface area contributed by atoms with Gasteiger partial charge in [0.15, 0.2) is 0 Å². The number of rotatable bonds is 8. The molecule has 0 spiro atoms. The van der Waals surface area contributed by atoms with E-state index in [0.29, 0.717) is 17.8 Å². The molecule has 3 aromatic rings. The SMILES string of the molecule is CC(C)CS(CC(C)C)(CC(C)C)c1ccc2c(-c3cc(C(C)(C)C)cc(C(C)(C)C)c3)nccc2c1. The normalized spacial score (nSPS) is 13.8. The Morgan fingerprint density at radius 3 is 1.57 bits per heavy atom. The van der Waals surface area contributed by atoms with Crippen molar-refractivity contribution < 1.29 is 0 Å². The number of hydrogen-bond donors (Lipinski definition) is 0. The van der Waals surface area contributed by atoms with Gasteiger partial charge in [0.25, 0.3) is 0 Å². The number of aromatic nitrogens is 1. The number of hydrogen-bond acceptors (Lipinski definition) is 1. The van der Waals surface area contributed by atoms with Crippen molar-refractivity contribution in [3.05, 3.63) is 59.8 Å². The van der Waals surface area contributed by atoms with Crippen molar-refractivity contribution in [3.8, 4) is 11.3 Å². The lowest BCUT2D eigenvalue weighted by molar-refractivity contribution is 0.569. The monoisotopic (exact) mass is 519 g/mol. The Labute approximate surface area is 230 Å². The Kier molecular flexibility index (Phi) is 8.95. The minimum Gasteiger partial charge on any atom is -0.256 e. The van der Waals surface area contributed by atoms with Gasteiger partial charge in [0.2, 0.25) is 0 Å². The van der Waals surface area contributed by atoms with Gasteiger partial charge in [-0.25, -0.2) is 10.0 Å². The quantitative estimate of drug-likeness (QED) is 0.288. The van der Waals surface area contributed by atoms with Crippen molar-refractivity contribution >= 4 is 20.8 Å². The van der Waals surface area contributed by atoms with Gasteiger partial charge in [-0.3, -0.25) is 4.98 Å². The summed E-state index contributed by atoms with van der Waals surface area (Å²) < 4.78 is 0. The third-order valence-electron chi connectivity index (χ3n) is 7.13. The molecule has 0 radical (unpaired) electrons. The van der Waals surface area contributed by atoms with E-state index in [-0.39, 0.29) is 10.8 Å². The number of fused-ring (bicyclic) bond motifs is 1. The Bertz CT molecular complexity index is 1150. The first-order valence-electron chi connectivity index (χ1n) is 14.3. The van der Waals surface area contributed by atoms with Crippen LogP contribution in [0.4, 0.5) is 0 Å². The molecular formula is C35H53NS. The number of nitrogens with zero attached hydrogens (tertiary/aromatic N) is 1. The third-order valence-corrected chi connectivity index (χ3v) is 12.3. The predicted molar refractivity (Wildman–Crippen MR) is 170 cm³/mol. The minimum atomic E-state index is -0.914. The van der Waals surface area contributed by atoms with Gasteiger partial charge in [-0.2, -0.15) is 0 Å². The standard InChI is InChI=1S/C35H53NS/c1-24(2)21-37(22-25(3)4,23-26(5)6)31-13-14-32-27(19-31)15-16-36-33(32)28-17-29(34(7,8)9)20-30(18-28)35(10,11)12/h13-20,24-26H,21-23H2,1-12H3. The second-order valence-corrected chi connectivity index (χ2v) is 18.1. The van der Waals surface area contributed by atoms with E-state index in [1.165, 1.54) is 44.7 Å². The highest BCUT2D eigenvalue weighted by atomic mass is 32.3. The summed E-state index contributed by atoms with van der Waals surface area (Å²) >= 11 is 0. The van der Waals surface area contributed by atoms with Crippen molar-refractivity contribution in [3.63, 3.8) is 0 Å². The molecule has 204 valence electrons. The first-order chi connectivity index (χ1) is 17.0. The molecule has 0 fully saturated rings. The fourth-order valence-electron chi connectivity index (χ4n) is 5.69. The van der Waals surface area contributed by atoms with E-state index in [2.05, 4.69) is 126 Å². The van der Waals surface area contributed by atoms with Crippen LogP contribution in [0.3, 0.4) is 0 Å². The van der Waals surface area contributed by atoms with Gasteiger partial charge in [0.1, 0.15) is 0 Å². The maximum atomic E-state index is 4.97. The van der Waals surface area contributed by atoms with Gasteiger partial charge in [0, 0.05) is 17.1 Å². The highest BCUT2D eigenvalue weighted by molar-refractivity contribution is 8.33. The van der Waals surface area contributed by atoms with Crippen molar-refractivity contribution in [1.82, 2.24) is 4.98 Å². The Morgan fingerprint density at radius 1 is 0.649 bits per heavy atom. The van der Waals surface area contributed by atoms with Crippen LogP contribution >= 0.6 is 10.0 Å². The van der Waals surface area contributed by atoms with E-state index in [0.717, 1.165) is 5.69 Å². The Hall–Kier alpha value is -1.80. The zero-order valence-electron chi connectivity index (χ0n) is 25.8. The van der Waals surface area contributed by atoms with Crippen LogP contribution in [-0.2, 0) is 10.8 Å². The van der Waals surface area contributed by atoms with Gasteiger partial charge < -0.3 is 0 Å². The smallest absolute Gasteiger partial charge is 0.0780 e. The molecule has 2 aromatic carbocycles. The third kappa shape index (κ3) is 7.20. The van der Waals surface area contributed by atoms with Crippen molar-refractivity contribution in [1.29, 1.82) is 0 Å². The molecule has 0 bridgehead atoms. The Morgan fingerprint density at radius 2 is 1.14 bits per heavy atom. The summed E-state index contributed by atoms with van der Waals surface area (Å²) in [5.74, 6) is 6.05. The van der Waals surface area contributed by atoms with Gasteiger partial charge in [-0.1, -0.05) is 95.2 Å². The molecule has 0 aliphatic heterocycles. The Balaban J connectivity index is 2.24. The molecule has 1 heterocycles. The van der Waals surface area contributed by atoms with Crippen molar-refractivity contribution in [2.24, 2.45) is 17.8 Å². The summed E-state index contributed by atoms with van der Waals surface area (Å²) in [4.78, 5) is 6.56. The zero-order chi connectivity index (χ0) is 27.8. The summed E-state index contributed by atoms with van der Waals surface area (Å²) in [6.07, 6.45) is 2.02. The molecule has 0 aliphatic rings. The van der Waals surface area contributed by atoms with Gasteiger partial charge >= 0.3 is 0 Å². The molecule has 1 nitrogen and oxygen atoms in total. The summed E-state index contributed by atoms with van der Waals surface area (Å²) in [5.41, 5.74) is 5.26. The molecule has 0 unspecified atom stereocenters. The maximum Gasteiger partial charge on any atom is 0.0780 e. The number of benzene rings is 2. The van der Waals surface area contributed by atoms with Crippen LogP contribution in [0.2, 0.25) is 0 Å². The largest absolute Gasteiger partial charge is 0.256 e. The van der Waals surface area contributed by atoms with Crippen LogP contribution in [0, 0.1) is 17.8 Å². The molecule has 3 rings (SSSR count). The lowest BCUT2D eigenvalue weighted by atomic mass is 9.79. The molecule has 0 amide bonds. The molecule has 0 aliphatic carbocycles. The van der Waals surface area contributed by atoms with E-state index in [4.69, 9.17) is 4.98 Å². The van der Waals surface area contributed by atoms with Crippen LogP contribution in [0.25, 0.3) is 22.0 Å². The molecular weight excluding hydrogens is 466 g/mol. The van der Waals surface area contributed by atoms with E-state index in [9.17, 15) is 0 Å². The minimum absolute atomic E-state index is 0.0846. The molecule has 0 N–H and O–H groups in total. The molecule has 2 heteroatoms. The van der Waals surface area contributed by atoms with E-state index in [1.54, 1.807) is 4.90 Å². The summed E-state index contributed by atoms with van der Waals surface area (Å²) in [6.45, 7) is 28.3. The average Bonchev–Trinajstić information content (AvgIpc) is 2.75. The van der Waals surface area contributed by atoms with Crippen LogP contribution in [0.5, 0.6) is 0 Å². The average molecular weight is 520 g/mol. The van der Waals surface area contributed by atoms with Crippen LogP contribution in [-0.4, -0.2) is 22.2 Å². The van der Waals surface area contributed by atoms with Crippen LogP contribution in [0.15, 0.2) is 53.6 Å². The van der Waals surface area contributed by atoms with Crippen molar-refractivity contribution in [2.45, 2.75) is 98.8 Å².